The number of likely N-dealkylation sites (tertiary alicyclic amines) is 1. The summed E-state index contributed by atoms with van der Waals surface area (Å²) in [4.78, 5) is 15.3. The van der Waals surface area contributed by atoms with Crippen LogP contribution in [0, 0.1) is 11.8 Å². The molecule has 28 heavy (non-hydrogen) atoms. The highest BCUT2D eigenvalue weighted by Gasteiger charge is 2.18. The van der Waals surface area contributed by atoms with E-state index < -0.39 is 0 Å². The van der Waals surface area contributed by atoms with Gasteiger partial charge in [0.15, 0.2) is 0 Å². The van der Waals surface area contributed by atoms with Crippen LogP contribution in [0.5, 0.6) is 0 Å². The van der Waals surface area contributed by atoms with E-state index in [-0.39, 0.29) is 11.9 Å². The molecule has 3 rings (SSSR count). The van der Waals surface area contributed by atoms with Gasteiger partial charge in [-0.1, -0.05) is 63.2 Å². The number of carbonyl (C=O) groups excluding carboxylic acids is 1. The molecule has 3 heteroatoms. The molecule has 1 aliphatic rings. The SMILES string of the molecule is CC(C)CC(NC(=O)c1ccc(CN2CCC(C)CC2)cc1)c1ccccc1. The Balaban J connectivity index is 1.61. The topological polar surface area (TPSA) is 32.3 Å². The van der Waals surface area contributed by atoms with Crippen LogP contribution in [0.15, 0.2) is 54.6 Å². The average molecular weight is 379 g/mol. The van der Waals surface area contributed by atoms with E-state index in [1.54, 1.807) is 0 Å². The molecule has 0 radical (unpaired) electrons. The lowest BCUT2D eigenvalue weighted by Gasteiger charge is -2.30. The molecule has 0 aromatic heterocycles. The minimum Gasteiger partial charge on any atom is -0.345 e. The number of nitrogens with zero attached hydrogens (tertiary/aromatic N) is 1. The summed E-state index contributed by atoms with van der Waals surface area (Å²) in [5.41, 5.74) is 3.19. The fourth-order valence-electron chi connectivity index (χ4n) is 3.92. The predicted molar refractivity (Wildman–Crippen MR) is 116 cm³/mol. The normalized spacial score (nSPS) is 16.9. The number of amides is 1. The first-order valence-corrected chi connectivity index (χ1v) is 10.7. The second kappa shape index (κ2) is 9.88. The molecular weight excluding hydrogens is 344 g/mol. The van der Waals surface area contributed by atoms with Gasteiger partial charge in [-0.05, 0) is 67.4 Å². The van der Waals surface area contributed by atoms with Crippen LogP contribution < -0.4 is 5.32 Å². The fraction of sp³-hybridized carbons (Fsp3) is 0.480. The molecular formula is C25H34N2O. The van der Waals surface area contributed by atoms with Crippen molar-refractivity contribution in [3.63, 3.8) is 0 Å². The Morgan fingerprint density at radius 3 is 2.29 bits per heavy atom. The molecule has 0 bridgehead atoms. The molecule has 0 spiro atoms. The smallest absolute Gasteiger partial charge is 0.251 e. The third-order valence-electron chi connectivity index (χ3n) is 5.71. The quantitative estimate of drug-likeness (QED) is 0.696. The van der Waals surface area contributed by atoms with Crippen LogP contribution in [0.1, 0.15) is 67.6 Å². The van der Waals surface area contributed by atoms with Gasteiger partial charge in [-0.15, -0.1) is 0 Å². The zero-order valence-electron chi connectivity index (χ0n) is 17.5. The Kier molecular flexibility index (Phi) is 7.27. The van der Waals surface area contributed by atoms with Gasteiger partial charge in [0.1, 0.15) is 0 Å². The molecule has 1 unspecified atom stereocenters. The van der Waals surface area contributed by atoms with Crippen LogP contribution in [-0.4, -0.2) is 23.9 Å². The Morgan fingerprint density at radius 1 is 1.04 bits per heavy atom. The molecule has 3 nitrogen and oxygen atoms in total. The average Bonchev–Trinajstić information content (AvgIpc) is 2.70. The zero-order chi connectivity index (χ0) is 19.9. The van der Waals surface area contributed by atoms with Crippen molar-refractivity contribution >= 4 is 5.91 Å². The van der Waals surface area contributed by atoms with Crippen molar-refractivity contribution in [3.05, 3.63) is 71.3 Å². The van der Waals surface area contributed by atoms with Gasteiger partial charge in [-0.2, -0.15) is 0 Å². The second-order valence-electron chi connectivity index (χ2n) is 8.72. The van der Waals surface area contributed by atoms with Crippen molar-refractivity contribution in [2.75, 3.05) is 13.1 Å². The van der Waals surface area contributed by atoms with Crippen molar-refractivity contribution in [1.29, 1.82) is 0 Å². The van der Waals surface area contributed by atoms with Gasteiger partial charge in [-0.3, -0.25) is 9.69 Å². The van der Waals surface area contributed by atoms with E-state index in [9.17, 15) is 4.79 Å². The van der Waals surface area contributed by atoms with E-state index in [4.69, 9.17) is 0 Å². The highest BCUT2D eigenvalue weighted by molar-refractivity contribution is 5.94. The molecule has 1 atom stereocenters. The number of rotatable bonds is 7. The van der Waals surface area contributed by atoms with Crippen LogP contribution >= 0.6 is 0 Å². The molecule has 1 fully saturated rings. The van der Waals surface area contributed by atoms with Crippen LogP contribution in [0.4, 0.5) is 0 Å². The lowest BCUT2D eigenvalue weighted by molar-refractivity contribution is 0.0932. The lowest BCUT2D eigenvalue weighted by atomic mass is 9.96. The van der Waals surface area contributed by atoms with Crippen molar-refractivity contribution in [2.45, 2.75) is 52.6 Å². The monoisotopic (exact) mass is 378 g/mol. The summed E-state index contributed by atoms with van der Waals surface area (Å²) in [5.74, 6) is 1.37. The first-order chi connectivity index (χ1) is 13.5. The standard InChI is InChI=1S/C25H34N2O/c1-19(2)17-24(22-7-5-4-6-8-22)26-25(28)23-11-9-21(10-12-23)18-27-15-13-20(3)14-16-27/h4-12,19-20,24H,13-18H2,1-3H3,(H,26,28). The van der Waals surface area contributed by atoms with Gasteiger partial charge in [0, 0.05) is 12.1 Å². The Hall–Kier alpha value is -2.13. The van der Waals surface area contributed by atoms with Gasteiger partial charge in [-0.25, -0.2) is 0 Å². The summed E-state index contributed by atoms with van der Waals surface area (Å²) in [5, 5.41) is 3.24. The van der Waals surface area contributed by atoms with E-state index in [2.05, 4.69) is 55.3 Å². The minimum atomic E-state index is 0.00727. The van der Waals surface area contributed by atoms with E-state index in [0.717, 1.165) is 24.4 Å². The number of benzene rings is 2. The third-order valence-corrected chi connectivity index (χ3v) is 5.71. The van der Waals surface area contributed by atoms with Crippen LogP contribution in [0.3, 0.4) is 0 Å². The lowest BCUT2D eigenvalue weighted by Crippen LogP contribution is -2.32. The third kappa shape index (κ3) is 5.93. The molecule has 2 aromatic carbocycles. The summed E-state index contributed by atoms with van der Waals surface area (Å²) < 4.78 is 0. The molecule has 150 valence electrons. The zero-order valence-corrected chi connectivity index (χ0v) is 17.5. The van der Waals surface area contributed by atoms with E-state index in [0.29, 0.717) is 5.92 Å². The summed E-state index contributed by atoms with van der Waals surface area (Å²) in [6, 6.07) is 18.5. The highest BCUT2D eigenvalue weighted by atomic mass is 16.1. The van der Waals surface area contributed by atoms with E-state index >= 15 is 0 Å². The van der Waals surface area contributed by atoms with Crippen molar-refractivity contribution in [2.24, 2.45) is 11.8 Å². The van der Waals surface area contributed by atoms with Gasteiger partial charge >= 0.3 is 0 Å². The van der Waals surface area contributed by atoms with Gasteiger partial charge in [0.05, 0.1) is 6.04 Å². The Morgan fingerprint density at radius 2 is 1.68 bits per heavy atom. The molecule has 1 N–H and O–H groups in total. The maximum Gasteiger partial charge on any atom is 0.251 e. The molecule has 1 saturated heterocycles. The van der Waals surface area contributed by atoms with Crippen molar-refractivity contribution < 1.29 is 4.79 Å². The van der Waals surface area contributed by atoms with Crippen LogP contribution in [0.2, 0.25) is 0 Å². The number of piperidine rings is 1. The fourth-order valence-corrected chi connectivity index (χ4v) is 3.92. The summed E-state index contributed by atoms with van der Waals surface area (Å²) in [6.45, 7) is 10.1. The van der Waals surface area contributed by atoms with Crippen LogP contribution in [-0.2, 0) is 6.54 Å². The first-order valence-electron chi connectivity index (χ1n) is 10.7. The number of hydrogen-bond acceptors (Lipinski definition) is 2. The molecule has 1 amide bonds. The van der Waals surface area contributed by atoms with Gasteiger partial charge < -0.3 is 5.32 Å². The maximum absolute atomic E-state index is 12.8. The van der Waals surface area contributed by atoms with Crippen molar-refractivity contribution in [1.82, 2.24) is 10.2 Å². The Bertz CT molecular complexity index is 731. The number of nitrogens with one attached hydrogen (secondary N) is 1. The first kappa shape index (κ1) is 20.6. The molecule has 1 aliphatic heterocycles. The largest absolute Gasteiger partial charge is 0.345 e. The molecule has 0 aliphatic carbocycles. The van der Waals surface area contributed by atoms with E-state index in [1.165, 1.54) is 37.1 Å². The van der Waals surface area contributed by atoms with Gasteiger partial charge in [0.2, 0.25) is 0 Å². The summed E-state index contributed by atoms with van der Waals surface area (Å²) in [6.07, 6.45) is 3.51. The summed E-state index contributed by atoms with van der Waals surface area (Å²) in [7, 11) is 0. The highest BCUT2D eigenvalue weighted by Crippen LogP contribution is 2.22. The predicted octanol–water partition coefficient (Wildman–Crippen LogP) is 5.44. The summed E-state index contributed by atoms with van der Waals surface area (Å²) >= 11 is 0. The Labute approximate surface area is 170 Å². The van der Waals surface area contributed by atoms with E-state index in [1.807, 2.05) is 30.3 Å². The minimum absolute atomic E-state index is 0.00727. The van der Waals surface area contributed by atoms with Gasteiger partial charge in [0.25, 0.3) is 5.91 Å². The van der Waals surface area contributed by atoms with Crippen LogP contribution in [0.25, 0.3) is 0 Å². The second-order valence-corrected chi connectivity index (χ2v) is 8.72. The molecule has 0 saturated carbocycles. The maximum atomic E-state index is 12.8. The molecule has 1 heterocycles. The number of hydrogen-bond donors (Lipinski definition) is 1. The van der Waals surface area contributed by atoms with Crippen molar-refractivity contribution in [3.8, 4) is 0 Å². The number of carbonyl (C=O) groups is 1. The molecule has 2 aromatic rings.